The third-order valence-electron chi connectivity index (χ3n) is 5.38. The fourth-order valence-corrected chi connectivity index (χ4v) is 4.23. The van der Waals surface area contributed by atoms with Crippen molar-refractivity contribution in [3.8, 4) is 0 Å². The number of hydrogen-bond donors (Lipinski definition) is 0. The van der Waals surface area contributed by atoms with E-state index in [1.54, 1.807) is 0 Å². The van der Waals surface area contributed by atoms with E-state index >= 15 is 0 Å². The summed E-state index contributed by atoms with van der Waals surface area (Å²) in [5.74, 6) is 0.0365. The summed E-state index contributed by atoms with van der Waals surface area (Å²) in [6, 6.07) is 18.6. The van der Waals surface area contributed by atoms with Crippen molar-refractivity contribution in [1.82, 2.24) is 9.80 Å². The Morgan fingerprint density at radius 2 is 1.72 bits per heavy atom. The van der Waals surface area contributed by atoms with Gasteiger partial charge in [-0.25, -0.2) is 0 Å². The molecule has 29 heavy (non-hydrogen) atoms. The Morgan fingerprint density at radius 1 is 1.03 bits per heavy atom. The number of benzene rings is 2. The molecule has 0 saturated carbocycles. The van der Waals surface area contributed by atoms with Gasteiger partial charge in [-0.05, 0) is 0 Å². The number of morpholine rings is 1. The van der Waals surface area contributed by atoms with Crippen LogP contribution in [0.25, 0.3) is 6.08 Å². The molecule has 4 rings (SSSR count). The van der Waals surface area contributed by atoms with Crippen molar-refractivity contribution in [1.29, 1.82) is 0 Å². The minimum atomic E-state index is 0.0365. The Bertz CT molecular complexity index is 905. The van der Waals surface area contributed by atoms with Crippen LogP contribution < -0.4 is 4.90 Å². The van der Waals surface area contributed by atoms with Crippen LogP contribution in [0.5, 0.6) is 0 Å². The molecule has 2 fully saturated rings. The predicted octanol–water partition coefficient (Wildman–Crippen LogP) is 2.14. The molecule has 6 heteroatoms. The van der Waals surface area contributed by atoms with Crippen LogP contribution in [0.2, 0.25) is 0 Å². The molecule has 0 bridgehead atoms. The Kier molecular flexibility index (Phi) is 6.14. The zero-order valence-corrected chi connectivity index (χ0v) is 18.3. The molecule has 0 spiro atoms. The number of carbonyl (C=O) groups excluding carboxylic acids is 1. The quantitative estimate of drug-likeness (QED) is 0.513. The first-order chi connectivity index (χ1) is 14.1. The molecule has 0 aromatic heterocycles. The second-order valence-corrected chi connectivity index (χ2v) is 8.02. The van der Waals surface area contributed by atoms with Crippen LogP contribution in [0.4, 0.5) is 5.69 Å². The second kappa shape index (κ2) is 8.95. The van der Waals surface area contributed by atoms with Gasteiger partial charge in [0.15, 0.2) is 0 Å². The van der Waals surface area contributed by atoms with E-state index in [1.165, 1.54) is 11.3 Å². The van der Waals surface area contributed by atoms with Gasteiger partial charge in [-0.1, -0.05) is 0 Å². The van der Waals surface area contributed by atoms with Crippen molar-refractivity contribution < 1.29 is 9.53 Å². The molecule has 0 radical (unpaired) electrons. The molecule has 5 nitrogen and oxygen atoms in total. The summed E-state index contributed by atoms with van der Waals surface area (Å²) in [4.78, 5) is 19.1. The van der Waals surface area contributed by atoms with Gasteiger partial charge in [0.25, 0.3) is 0 Å². The monoisotopic (exact) mass is 455 g/mol. The number of likely N-dealkylation sites (N-methyl/N-ethyl adjacent to an activating group) is 1. The molecule has 2 saturated heterocycles. The van der Waals surface area contributed by atoms with Crippen molar-refractivity contribution in [3.63, 3.8) is 0 Å². The molecule has 0 aliphatic carbocycles. The Hall–Kier alpha value is -2.40. The first-order valence-corrected chi connectivity index (χ1v) is 10.8. The normalized spacial score (nSPS) is 18.8. The summed E-state index contributed by atoms with van der Waals surface area (Å²) >= 11 is 3.06. The average molecular weight is 454 g/mol. The predicted molar refractivity (Wildman–Crippen MR) is 118 cm³/mol. The van der Waals surface area contributed by atoms with Crippen LogP contribution in [-0.4, -0.2) is 75.8 Å². The number of ether oxygens (including phenoxy) is 1. The maximum atomic E-state index is 13.0. The zero-order chi connectivity index (χ0) is 20.2. The molecular weight excluding hydrogens is 429 g/mol. The third-order valence-corrected chi connectivity index (χ3v) is 6.42. The minimum absolute atomic E-state index is 0.0365. The first-order valence-electron chi connectivity index (χ1n) is 9.91. The van der Waals surface area contributed by atoms with E-state index in [2.05, 4.69) is 56.9 Å². The number of hydrogen-bond acceptors (Lipinski definition) is 4. The van der Waals surface area contributed by atoms with Crippen LogP contribution in [0, 0.1) is 0 Å². The second-order valence-electron chi connectivity index (χ2n) is 7.25. The van der Waals surface area contributed by atoms with Crippen molar-refractivity contribution in [2.75, 3.05) is 44.8 Å². The van der Waals surface area contributed by atoms with Gasteiger partial charge < -0.3 is 0 Å². The summed E-state index contributed by atoms with van der Waals surface area (Å²) in [5.41, 5.74) is 4.13. The van der Waals surface area contributed by atoms with E-state index in [4.69, 9.17) is 4.74 Å². The van der Waals surface area contributed by atoms with E-state index < -0.39 is 0 Å². The molecule has 2 aliphatic heterocycles. The molecule has 1 amide bonds. The molecular formula is C23H25N3O2Se. The number of nitrogens with zero attached hydrogens (tertiary/aromatic N) is 3. The summed E-state index contributed by atoms with van der Waals surface area (Å²) < 4.78 is 6.27. The molecule has 2 aromatic carbocycles. The van der Waals surface area contributed by atoms with Crippen molar-refractivity contribution in [3.05, 3.63) is 71.4 Å². The summed E-state index contributed by atoms with van der Waals surface area (Å²) in [5, 5.41) is 0. The van der Waals surface area contributed by atoms with Crippen LogP contribution >= 0.6 is 0 Å². The van der Waals surface area contributed by atoms with Crippen LogP contribution in [0.1, 0.15) is 11.1 Å². The summed E-state index contributed by atoms with van der Waals surface area (Å²) in [6.45, 7) is 4.04. The van der Waals surface area contributed by atoms with E-state index in [0.717, 1.165) is 43.0 Å². The number of amides is 1. The van der Waals surface area contributed by atoms with Gasteiger partial charge in [-0.15, -0.1) is 0 Å². The SMILES string of the molecule is CN1C(=[Se])N(CCc2ccccc2)C(=O)C1=Cc1ccc(N2CCOCC2)cc1. The topological polar surface area (TPSA) is 36.0 Å². The summed E-state index contributed by atoms with van der Waals surface area (Å²) in [6.07, 6.45) is 2.79. The summed E-state index contributed by atoms with van der Waals surface area (Å²) in [7, 11) is 1.93. The fraction of sp³-hybridized carbons (Fsp3) is 0.304. The molecule has 2 aliphatic rings. The van der Waals surface area contributed by atoms with Crippen molar-refractivity contribution in [2.24, 2.45) is 0 Å². The van der Waals surface area contributed by atoms with Gasteiger partial charge in [0.1, 0.15) is 0 Å². The van der Waals surface area contributed by atoms with Gasteiger partial charge in [-0.3, -0.25) is 0 Å². The number of anilines is 1. The fourth-order valence-electron chi connectivity index (χ4n) is 3.65. The molecule has 2 aromatic rings. The number of rotatable bonds is 5. The maximum absolute atomic E-state index is 13.0. The number of carbonyl (C=O) groups is 1. The molecule has 0 unspecified atom stereocenters. The Labute approximate surface area is 179 Å². The van der Waals surface area contributed by atoms with Crippen LogP contribution in [0.3, 0.4) is 0 Å². The first kappa shape index (κ1) is 19.9. The molecule has 0 N–H and O–H groups in total. The standard InChI is InChI=1S/C23H25N3O2Se/c1-24-21(17-19-7-9-20(10-8-19)25-13-15-28-16-14-25)22(27)26(23(24)29)12-11-18-5-3-2-4-6-18/h2-10,17H,11-16H2,1H3. The Balaban J connectivity index is 1.46. The van der Waals surface area contributed by atoms with Crippen LogP contribution in [-0.2, 0) is 16.0 Å². The third kappa shape index (κ3) is 4.45. The van der Waals surface area contributed by atoms with Gasteiger partial charge in [0.2, 0.25) is 0 Å². The van der Waals surface area contributed by atoms with Crippen LogP contribution in [0.15, 0.2) is 60.3 Å². The van der Waals surface area contributed by atoms with E-state index in [-0.39, 0.29) is 5.91 Å². The van der Waals surface area contributed by atoms with Gasteiger partial charge in [0, 0.05) is 0 Å². The average Bonchev–Trinajstić information content (AvgIpc) is 2.97. The van der Waals surface area contributed by atoms with E-state index in [0.29, 0.717) is 12.2 Å². The Morgan fingerprint density at radius 3 is 2.41 bits per heavy atom. The van der Waals surface area contributed by atoms with Crippen molar-refractivity contribution in [2.45, 2.75) is 6.42 Å². The van der Waals surface area contributed by atoms with E-state index in [1.807, 2.05) is 41.1 Å². The molecule has 0 atom stereocenters. The molecule has 2 heterocycles. The molecule has 150 valence electrons. The van der Waals surface area contributed by atoms with E-state index in [9.17, 15) is 4.79 Å². The van der Waals surface area contributed by atoms with Crippen molar-refractivity contribution >= 4 is 37.9 Å². The van der Waals surface area contributed by atoms with Gasteiger partial charge >= 0.3 is 180 Å². The van der Waals surface area contributed by atoms with Gasteiger partial charge in [-0.2, -0.15) is 0 Å². The zero-order valence-electron chi connectivity index (χ0n) is 16.6. The van der Waals surface area contributed by atoms with Gasteiger partial charge in [0.05, 0.1) is 0 Å².